The monoisotopic (exact) mass is 474 g/mol. The second kappa shape index (κ2) is 8.53. The molecule has 2 fully saturated rings. The molecule has 2 N–H and O–H groups in total. The van der Waals surface area contributed by atoms with Crippen LogP contribution in [0.5, 0.6) is 5.88 Å². The fourth-order valence-corrected chi connectivity index (χ4v) is 5.03. The van der Waals surface area contributed by atoms with Gasteiger partial charge in [0, 0.05) is 68.1 Å². The number of hydrogen-bond donors (Lipinski definition) is 2. The summed E-state index contributed by atoms with van der Waals surface area (Å²) in [5, 5.41) is 17.5. The number of carbonyl (C=O) groups is 1. The molecule has 182 valence electrons. The number of ether oxygens (including phenoxy) is 1. The van der Waals surface area contributed by atoms with Crippen molar-refractivity contribution in [2.45, 2.75) is 37.8 Å². The first-order chi connectivity index (χ1) is 17.0. The van der Waals surface area contributed by atoms with Crippen LogP contribution in [0.3, 0.4) is 0 Å². The Kier molecular flexibility index (Phi) is 5.32. The zero-order chi connectivity index (χ0) is 24.1. The Balaban J connectivity index is 1.27. The van der Waals surface area contributed by atoms with Crippen LogP contribution in [0.25, 0.3) is 21.9 Å². The first-order valence-electron chi connectivity index (χ1n) is 12.2. The predicted molar refractivity (Wildman–Crippen MR) is 135 cm³/mol. The minimum Gasteiger partial charge on any atom is -0.479 e. The zero-order valence-electron chi connectivity index (χ0n) is 20.3. The molecule has 1 aliphatic heterocycles. The van der Waals surface area contributed by atoms with Crippen LogP contribution in [0.1, 0.15) is 36.0 Å². The quantitative estimate of drug-likeness (QED) is 0.443. The molecule has 1 saturated carbocycles. The van der Waals surface area contributed by atoms with Crippen molar-refractivity contribution in [1.29, 1.82) is 0 Å². The third-order valence-corrected chi connectivity index (χ3v) is 6.91. The highest BCUT2D eigenvalue weighted by molar-refractivity contribution is 6.14. The molecule has 1 saturated heterocycles. The van der Waals surface area contributed by atoms with E-state index in [1.807, 2.05) is 44.7 Å². The molecule has 1 aliphatic carbocycles. The van der Waals surface area contributed by atoms with Crippen molar-refractivity contribution in [3.05, 3.63) is 36.2 Å². The molecule has 0 spiro atoms. The molecule has 0 unspecified atom stereocenters. The molecule has 1 amide bonds. The molecular weight excluding hydrogens is 444 g/mol. The fraction of sp³-hybridized carbons (Fsp3) is 0.440. The van der Waals surface area contributed by atoms with Crippen LogP contribution in [0.2, 0.25) is 0 Å². The standard InChI is InChI=1S/C25H30N8O2/c1-31-13-15-12-20(25(35-3)28-23(15)30-31)27-24(34)18-6-7-21(19-14-32(2)29-22(18)19)33-10-8-17(9-11-33)26-16-4-5-16/h6-7,12-14,16-17,26H,4-5,8-11H2,1-3H3,(H,27,34). The van der Waals surface area contributed by atoms with E-state index in [9.17, 15) is 4.79 Å². The van der Waals surface area contributed by atoms with Gasteiger partial charge in [-0.05, 0) is 43.9 Å². The number of nitrogens with one attached hydrogen (secondary N) is 2. The third-order valence-electron chi connectivity index (χ3n) is 6.91. The minimum absolute atomic E-state index is 0.254. The second-order valence-electron chi connectivity index (χ2n) is 9.61. The Labute approximate surface area is 203 Å². The van der Waals surface area contributed by atoms with Gasteiger partial charge < -0.3 is 20.3 Å². The van der Waals surface area contributed by atoms with Crippen molar-refractivity contribution >= 4 is 39.2 Å². The Morgan fingerprint density at radius 2 is 1.77 bits per heavy atom. The number of benzene rings is 1. The number of hydrogen-bond acceptors (Lipinski definition) is 7. The van der Waals surface area contributed by atoms with Gasteiger partial charge in [-0.2, -0.15) is 15.2 Å². The Hall–Kier alpha value is -3.66. The van der Waals surface area contributed by atoms with Crippen LogP contribution < -0.4 is 20.3 Å². The van der Waals surface area contributed by atoms with Gasteiger partial charge in [0.25, 0.3) is 5.91 Å². The van der Waals surface area contributed by atoms with Crippen molar-refractivity contribution in [3.8, 4) is 5.88 Å². The predicted octanol–water partition coefficient (Wildman–Crippen LogP) is 2.84. The first-order valence-corrected chi connectivity index (χ1v) is 12.2. The van der Waals surface area contributed by atoms with E-state index in [2.05, 4.69) is 30.7 Å². The van der Waals surface area contributed by atoms with Crippen LogP contribution in [0.15, 0.2) is 30.6 Å². The van der Waals surface area contributed by atoms with Crippen molar-refractivity contribution in [2.75, 3.05) is 30.4 Å². The summed E-state index contributed by atoms with van der Waals surface area (Å²) in [6.07, 6.45) is 8.75. The van der Waals surface area contributed by atoms with E-state index in [-0.39, 0.29) is 5.91 Å². The summed E-state index contributed by atoms with van der Waals surface area (Å²) in [4.78, 5) is 20.2. The van der Waals surface area contributed by atoms with Crippen LogP contribution in [0, 0.1) is 0 Å². The number of aryl methyl sites for hydroxylation is 2. The zero-order valence-corrected chi connectivity index (χ0v) is 20.3. The Morgan fingerprint density at radius 1 is 1.03 bits per heavy atom. The molecule has 10 nitrogen and oxygen atoms in total. The van der Waals surface area contributed by atoms with Crippen LogP contribution >= 0.6 is 0 Å². The summed E-state index contributed by atoms with van der Waals surface area (Å²) >= 11 is 0. The summed E-state index contributed by atoms with van der Waals surface area (Å²) in [6.45, 7) is 1.99. The van der Waals surface area contributed by atoms with E-state index in [4.69, 9.17) is 4.74 Å². The molecule has 1 aromatic carbocycles. The lowest BCUT2D eigenvalue weighted by Crippen LogP contribution is -2.43. The van der Waals surface area contributed by atoms with Gasteiger partial charge in [-0.15, -0.1) is 0 Å². The van der Waals surface area contributed by atoms with Gasteiger partial charge in [0.1, 0.15) is 11.2 Å². The average Bonchev–Trinajstić information content (AvgIpc) is 3.45. The molecule has 10 heteroatoms. The highest BCUT2D eigenvalue weighted by atomic mass is 16.5. The number of fused-ring (bicyclic) bond motifs is 2. The van der Waals surface area contributed by atoms with E-state index in [1.54, 1.807) is 9.36 Å². The van der Waals surface area contributed by atoms with Gasteiger partial charge in [0.15, 0.2) is 5.65 Å². The number of nitrogens with zero attached hydrogens (tertiary/aromatic N) is 6. The number of piperidine rings is 1. The summed E-state index contributed by atoms with van der Waals surface area (Å²) in [7, 11) is 5.25. The summed E-state index contributed by atoms with van der Waals surface area (Å²) in [5.74, 6) is 0.0667. The summed E-state index contributed by atoms with van der Waals surface area (Å²) in [6, 6.07) is 7.09. The lowest BCUT2D eigenvalue weighted by Gasteiger charge is -2.34. The van der Waals surface area contributed by atoms with Crippen molar-refractivity contribution in [2.24, 2.45) is 14.1 Å². The van der Waals surface area contributed by atoms with Gasteiger partial charge >= 0.3 is 0 Å². The van der Waals surface area contributed by atoms with Crippen LogP contribution in [-0.2, 0) is 14.1 Å². The minimum atomic E-state index is -0.254. The van der Waals surface area contributed by atoms with Gasteiger partial charge in [0.05, 0.1) is 12.7 Å². The fourth-order valence-electron chi connectivity index (χ4n) is 5.03. The largest absolute Gasteiger partial charge is 0.479 e. The summed E-state index contributed by atoms with van der Waals surface area (Å²) < 4.78 is 8.88. The van der Waals surface area contributed by atoms with E-state index in [0.717, 1.165) is 48.4 Å². The van der Waals surface area contributed by atoms with Gasteiger partial charge in [-0.25, -0.2) is 0 Å². The molecule has 3 aromatic heterocycles. The Morgan fingerprint density at radius 3 is 2.51 bits per heavy atom. The second-order valence-corrected chi connectivity index (χ2v) is 9.61. The lowest BCUT2D eigenvalue weighted by molar-refractivity contribution is 0.102. The maximum atomic E-state index is 13.4. The van der Waals surface area contributed by atoms with Gasteiger partial charge in [-0.3, -0.25) is 14.2 Å². The highest BCUT2D eigenvalue weighted by Crippen LogP contribution is 2.33. The molecule has 4 aromatic rings. The highest BCUT2D eigenvalue weighted by Gasteiger charge is 2.28. The number of methoxy groups -OCH3 is 1. The van der Waals surface area contributed by atoms with Gasteiger partial charge in [-0.1, -0.05) is 0 Å². The van der Waals surface area contributed by atoms with E-state index >= 15 is 0 Å². The topological polar surface area (TPSA) is 102 Å². The third kappa shape index (κ3) is 4.18. The average molecular weight is 475 g/mol. The molecule has 2 aliphatic rings. The number of carbonyl (C=O) groups excluding carboxylic acids is 1. The SMILES string of the molecule is COc1nc2nn(C)cc2cc1NC(=O)c1ccc(N2CCC(NC3CC3)CC2)c2cn(C)nc12. The normalized spacial score (nSPS) is 16.8. The van der Waals surface area contributed by atoms with Crippen LogP contribution in [0.4, 0.5) is 11.4 Å². The Bertz CT molecular complexity index is 1410. The van der Waals surface area contributed by atoms with Gasteiger partial charge in [0.2, 0.25) is 5.88 Å². The molecule has 0 radical (unpaired) electrons. The molecule has 0 atom stereocenters. The summed E-state index contributed by atoms with van der Waals surface area (Å²) in [5.41, 5.74) is 3.40. The molecule has 6 rings (SSSR count). The van der Waals surface area contributed by atoms with Crippen molar-refractivity contribution < 1.29 is 9.53 Å². The molecule has 35 heavy (non-hydrogen) atoms. The number of aromatic nitrogens is 5. The lowest BCUT2D eigenvalue weighted by atomic mass is 10.0. The number of rotatable bonds is 6. The van der Waals surface area contributed by atoms with Crippen molar-refractivity contribution in [1.82, 2.24) is 29.9 Å². The number of pyridine rings is 1. The van der Waals surface area contributed by atoms with Crippen molar-refractivity contribution in [3.63, 3.8) is 0 Å². The maximum Gasteiger partial charge on any atom is 0.258 e. The molecule has 4 heterocycles. The maximum absolute atomic E-state index is 13.4. The van der Waals surface area contributed by atoms with E-state index in [0.29, 0.717) is 34.3 Å². The van der Waals surface area contributed by atoms with Crippen LogP contribution in [-0.4, -0.2) is 62.7 Å². The number of anilines is 2. The molecule has 0 bridgehead atoms. The number of amides is 1. The van der Waals surface area contributed by atoms with E-state index in [1.165, 1.54) is 20.0 Å². The van der Waals surface area contributed by atoms with E-state index < -0.39 is 0 Å². The molecular formula is C25H30N8O2. The smallest absolute Gasteiger partial charge is 0.258 e. The first kappa shape index (κ1) is 21.8.